The van der Waals surface area contributed by atoms with Gasteiger partial charge in [-0.05, 0) is 31.2 Å². The maximum Gasteiger partial charge on any atom is 0.227 e. The minimum Gasteiger partial charge on any atom is -0.330 e. The second kappa shape index (κ2) is 5.55. The smallest absolute Gasteiger partial charge is 0.227 e. The van der Waals surface area contributed by atoms with Crippen molar-refractivity contribution in [2.45, 2.75) is 13.3 Å². The molecule has 0 saturated carbocycles. The Kier molecular flexibility index (Phi) is 3.84. The molecule has 3 N–H and O–H groups in total. The molecule has 18 heavy (non-hydrogen) atoms. The largest absolute Gasteiger partial charge is 0.330 e. The van der Waals surface area contributed by atoms with Gasteiger partial charge >= 0.3 is 0 Å². The van der Waals surface area contributed by atoms with Crippen molar-refractivity contribution >= 4 is 22.6 Å². The summed E-state index contributed by atoms with van der Waals surface area (Å²) in [6, 6.07) is 5.48. The van der Waals surface area contributed by atoms with Gasteiger partial charge in [0.15, 0.2) is 0 Å². The first-order valence-corrected chi connectivity index (χ1v) is 5.92. The highest BCUT2D eigenvalue weighted by Crippen LogP contribution is 2.16. The van der Waals surface area contributed by atoms with Crippen LogP contribution >= 0.6 is 0 Å². The van der Waals surface area contributed by atoms with E-state index < -0.39 is 0 Å². The molecule has 94 valence electrons. The molecule has 0 aliphatic rings. The number of rotatable bonds is 4. The molecule has 5 heteroatoms. The Morgan fingerprint density at radius 3 is 2.78 bits per heavy atom. The summed E-state index contributed by atoms with van der Waals surface area (Å²) in [6.07, 6.45) is 3.95. The van der Waals surface area contributed by atoms with Crippen molar-refractivity contribution in [3.05, 3.63) is 30.6 Å². The first kappa shape index (κ1) is 12.4. The third-order valence-corrected chi connectivity index (χ3v) is 2.78. The fraction of sp³-hybridized carbons (Fsp3) is 0.308. The molecular weight excluding hydrogens is 228 g/mol. The van der Waals surface area contributed by atoms with Crippen LogP contribution in [0.1, 0.15) is 13.3 Å². The number of carbonyl (C=O) groups excluding carboxylic acids is 1. The normalized spacial score (nSPS) is 12.3. The number of nitrogens with one attached hydrogen (secondary N) is 1. The fourth-order valence-electron chi connectivity index (χ4n) is 1.69. The molecule has 1 atom stereocenters. The van der Waals surface area contributed by atoms with Crippen molar-refractivity contribution in [3.8, 4) is 0 Å². The predicted molar refractivity (Wildman–Crippen MR) is 71.0 cm³/mol. The van der Waals surface area contributed by atoms with Crippen molar-refractivity contribution < 1.29 is 4.79 Å². The zero-order chi connectivity index (χ0) is 13.0. The topological polar surface area (TPSA) is 80.9 Å². The van der Waals surface area contributed by atoms with Crippen LogP contribution in [0.5, 0.6) is 0 Å². The van der Waals surface area contributed by atoms with Gasteiger partial charge in [0.1, 0.15) is 0 Å². The summed E-state index contributed by atoms with van der Waals surface area (Å²) in [5.74, 6) is -0.115. The third kappa shape index (κ3) is 2.81. The van der Waals surface area contributed by atoms with Crippen LogP contribution in [0, 0.1) is 5.92 Å². The number of hydrogen-bond acceptors (Lipinski definition) is 4. The molecule has 2 rings (SSSR count). The summed E-state index contributed by atoms with van der Waals surface area (Å²) in [4.78, 5) is 20.2. The molecule has 0 spiro atoms. The van der Waals surface area contributed by atoms with Gasteiger partial charge < -0.3 is 11.1 Å². The van der Waals surface area contributed by atoms with Crippen LogP contribution in [0.25, 0.3) is 11.0 Å². The SMILES string of the molecule is CC(CCN)C(=O)Nc1ccc2nccnc2c1. The van der Waals surface area contributed by atoms with Gasteiger partial charge in [0, 0.05) is 24.0 Å². The second-order valence-corrected chi connectivity index (χ2v) is 4.23. The van der Waals surface area contributed by atoms with E-state index >= 15 is 0 Å². The molecule has 0 fully saturated rings. The van der Waals surface area contributed by atoms with Crippen LogP contribution in [0.2, 0.25) is 0 Å². The van der Waals surface area contributed by atoms with Gasteiger partial charge in [-0.25, -0.2) is 0 Å². The number of anilines is 1. The maximum absolute atomic E-state index is 11.8. The van der Waals surface area contributed by atoms with E-state index in [2.05, 4.69) is 15.3 Å². The minimum absolute atomic E-state index is 0.0244. The van der Waals surface area contributed by atoms with Crippen molar-refractivity contribution in [2.24, 2.45) is 11.7 Å². The maximum atomic E-state index is 11.8. The summed E-state index contributed by atoms with van der Waals surface area (Å²) >= 11 is 0. The zero-order valence-electron chi connectivity index (χ0n) is 10.3. The predicted octanol–water partition coefficient (Wildman–Crippen LogP) is 1.55. The fourth-order valence-corrected chi connectivity index (χ4v) is 1.69. The van der Waals surface area contributed by atoms with Crippen LogP contribution in [0.15, 0.2) is 30.6 Å². The lowest BCUT2D eigenvalue weighted by molar-refractivity contribution is -0.119. The summed E-state index contributed by atoms with van der Waals surface area (Å²) in [7, 11) is 0. The van der Waals surface area contributed by atoms with Crippen LogP contribution < -0.4 is 11.1 Å². The number of fused-ring (bicyclic) bond motifs is 1. The average Bonchev–Trinajstić information content (AvgIpc) is 2.39. The van der Waals surface area contributed by atoms with Crippen molar-refractivity contribution in [1.82, 2.24) is 9.97 Å². The molecule has 1 aromatic carbocycles. The molecule has 1 unspecified atom stereocenters. The van der Waals surface area contributed by atoms with E-state index in [1.807, 2.05) is 25.1 Å². The summed E-state index contributed by atoms with van der Waals surface area (Å²) in [5.41, 5.74) is 7.75. The monoisotopic (exact) mass is 244 g/mol. The Bertz CT molecular complexity index is 555. The number of hydrogen-bond donors (Lipinski definition) is 2. The lowest BCUT2D eigenvalue weighted by Crippen LogP contribution is -2.22. The third-order valence-electron chi connectivity index (χ3n) is 2.78. The van der Waals surface area contributed by atoms with Gasteiger partial charge in [0.05, 0.1) is 11.0 Å². The van der Waals surface area contributed by atoms with Crippen molar-refractivity contribution in [1.29, 1.82) is 0 Å². The van der Waals surface area contributed by atoms with E-state index in [9.17, 15) is 4.79 Å². The summed E-state index contributed by atoms with van der Waals surface area (Å²) < 4.78 is 0. The molecule has 0 aliphatic carbocycles. The van der Waals surface area contributed by atoms with Gasteiger partial charge in [0.2, 0.25) is 5.91 Å². The average molecular weight is 244 g/mol. The Balaban J connectivity index is 2.14. The Morgan fingerprint density at radius 1 is 1.33 bits per heavy atom. The Hall–Kier alpha value is -2.01. The molecule has 0 bridgehead atoms. The van der Waals surface area contributed by atoms with Crippen LogP contribution in [0.3, 0.4) is 0 Å². The number of aromatic nitrogens is 2. The Labute approximate surface area is 105 Å². The zero-order valence-corrected chi connectivity index (χ0v) is 10.3. The molecule has 1 aromatic heterocycles. The molecule has 0 radical (unpaired) electrons. The van der Waals surface area contributed by atoms with E-state index in [1.54, 1.807) is 12.4 Å². The number of carbonyl (C=O) groups is 1. The van der Waals surface area contributed by atoms with E-state index in [-0.39, 0.29) is 11.8 Å². The van der Waals surface area contributed by atoms with Gasteiger partial charge in [-0.2, -0.15) is 0 Å². The van der Waals surface area contributed by atoms with Crippen molar-refractivity contribution in [2.75, 3.05) is 11.9 Å². The first-order chi connectivity index (χ1) is 8.70. The van der Waals surface area contributed by atoms with Crippen molar-refractivity contribution in [3.63, 3.8) is 0 Å². The lowest BCUT2D eigenvalue weighted by Gasteiger charge is -2.11. The molecule has 1 amide bonds. The van der Waals surface area contributed by atoms with E-state index in [1.165, 1.54) is 0 Å². The molecule has 2 aromatic rings. The lowest BCUT2D eigenvalue weighted by atomic mass is 10.1. The highest BCUT2D eigenvalue weighted by Gasteiger charge is 2.12. The molecule has 0 saturated heterocycles. The number of benzene rings is 1. The summed E-state index contributed by atoms with van der Waals surface area (Å²) in [5, 5.41) is 2.86. The van der Waals surface area contributed by atoms with Crippen LogP contribution in [-0.4, -0.2) is 22.4 Å². The molecule has 1 heterocycles. The van der Waals surface area contributed by atoms with Gasteiger partial charge in [0.25, 0.3) is 0 Å². The molecule has 0 aliphatic heterocycles. The number of nitrogens with two attached hydrogens (primary N) is 1. The highest BCUT2D eigenvalue weighted by atomic mass is 16.1. The van der Waals surface area contributed by atoms with Crippen LogP contribution in [0.4, 0.5) is 5.69 Å². The van der Waals surface area contributed by atoms with Crippen LogP contribution in [-0.2, 0) is 4.79 Å². The molecular formula is C13H16N4O. The number of amides is 1. The molecule has 5 nitrogen and oxygen atoms in total. The minimum atomic E-state index is -0.0902. The van der Waals surface area contributed by atoms with Gasteiger partial charge in [-0.1, -0.05) is 6.92 Å². The van der Waals surface area contributed by atoms with E-state index in [0.717, 1.165) is 16.7 Å². The highest BCUT2D eigenvalue weighted by molar-refractivity contribution is 5.94. The summed E-state index contributed by atoms with van der Waals surface area (Å²) in [6.45, 7) is 2.38. The van der Waals surface area contributed by atoms with E-state index in [0.29, 0.717) is 13.0 Å². The van der Waals surface area contributed by atoms with Gasteiger partial charge in [-0.15, -0.1) is 0 Å². The quantitative estimate of drug-likeness (QED) is 0.855. The number of nitrogens with zero attached hydrogens (tertiary/aromatic N) is 2. The van der Waals surface area contributed by atoms with E-state index in [4.69, 9.17) is 5.73 Å². The van der Waals surface area contributed by atoms with Gasteiger partial charge in [-0.3, -0.25) is 14.8 Å². The first-order valence-electron chi connectivity index (χ1n) is 5.92. The second-order valence-electron chi connectivity index (χ2n) is 4.23. The standard InChI is InChI=1S/C13H16N4O/c1-9(4-5-14)13(18)17-10-2-3-11-12(8-10)16-7-6-15-11/h2-3,6-9H,4-5,14H2,1H3,(H,17,18). The Morgan fingerprint density at radius 2 is 2.06 bits per heavy atom.